The molecule has 1 heterocycles. The highest BCUT2D eigenvalue weighted by Crippen LogP contribution is 2.22. The van der Waals surface area contributed by atoms with Crippen molar-refractivity contribution >= 4 is 55.8 Å². The Morgan fingerprint density at radius 2 is 1.79 bits per heavy atom. The van der Waals surface area contributed by atoms with Gasteiger partial charge in [0.25, 0.3) is 15.9 Å². The molecule has 0 bridgehead atoms. The minimum absolute atomic E-state index is 0.118. The van der Waals surface area contributed by atoms with Crippen LogP contribution in [0.3, 0.4) is 0 Å². The molecule has 0 aliphatic carbocycles. The molecule has 0 aliphatic heterocycles. The van der Waals surface area contributed by atoms with E-state index in [2.05, 4.69) is 20.2 Å². The van der Waals surface area contributed by atoms with Gasteiger partial charge in [-0.25, -0.2) is 13.1 Å². The molecular weight excluding hydrogens is 452 g/mol. The van der Waals surface area contributed by atoms with E-state index in [1.54, 1.807) is 42.1 Å². The minimum Gasteiger partial charge on any atom is -0.296 e. The number of benzene rings is 2. The maximum absolute atomic E-state index is 12.3. The van der Waals surface area contributed by atoms with E-state index in [1.807, 2.05) is 24.3 Å². The lowest BCUT2D eigenvalue weighted by Gasteiger charge is -2.05. The molecule has 0 fully saturated rings. The zero-order valence-corrected chi connectivity index (χ0v) is 18.2. The monoisotopic (exact) mass is 468 g/mol. The highest BCUT2D eigenvalue weighted by molar-refractivity contribution is 7.98. The van der Waals surface area contributed by atoms with E-state index in [0.717, 1.165) is 16.9 Å². The Hall–Kier alpha value is -1.98. The van der Waals surface area contributed by atoms with Crippen LogP contribution in [-0.2, 0) is 15.8 Å². The highest BCUT2D eigenvalue weighted by atomic mass is 35.5. The molecule has 0 unspecified atom stereocenters. The quantitative estimate of drug-likeness (QED) is 0.367. The summed E-state index contributed by atoms with van der Waals surface area (Å²) in [5, 5.41) is 10.8. The summed E-state index contributed by atoms with van der Waals surface area (Å²) in [6, 6.07) is 16.1. The number of sulfonamides is 1. The van der Waals surface area contributed by atoms with Crippen LogP contribution in [-0.4, -0.2) is 36.8 Å². The first-order valence-corrected chi connectivity index (χ1v) is 12.3. The standard InChI is InChI=1S/C18H17ClN4O3S3/c19-15-9-5-4-8-14(15)12-27-11-10-20-29(25,26)18-23-22-17(28-18)21-16(24)13-6-2-1-3-7-13/h1-9,20H,10-12H2,(H,21,22,24). The first-order valence-electron chi connectivity index (χ1n) is 8.46. The summed E-state index contributed by atoms with van der Waals surface area (Å²) in [7, 11) is -3.79. The Morgan fingerprint density at radius 1 is 1.07 bits per heavy atom. The number of hydrogen-bond donors (Lipinski definition) is 2. The maximum Gasteiger partial charge on any atom is 0.269 e. The molecule has 1 amide bonds. The van der Waals surface area contributed by atoms with E-state index in [9.17, 15) is 13.2 Å². The zero-order valence-electron chi connectivity index (χ0n) is 15.0. The number of amides is 1. The molecule has 0 spiro atoms. The van der Waals surface area contributed by atoms with Gasteiger partial charge in [0.05, 0.1) is 0 Å². The largest absolute Gasteiger partial charge is 0.296 e. The second kappa shape index (κ2) is 10.2. The van der Waals surface area contributed by atoms with Crippen molar-refractivity contribution in [2.24, 2.45) is 0 Å². The molecule has 2 aromatic carbocycles. The van der Waals surface area contributed by atoms with Crippen LogP contribution in [0.2, 0.25) is 5.02 Å². The number of nitrogens with zero attached hydrogens (tertiary/aromatic N) is 2. The van der Waals surface area contributed by atoms with Crippen LogP contribution < -0.4 is 10.0 Å². The predicted molar refractivity (Wildman–Crippen MR) is 117 cm³/mol. The Balaban J connectivity index is 1.48. The van der Waals surface area contributed by atoms with E-state index in [-0.39, 0.29) is 21.9 Å². The number of carbonyl (C=O) groups is 1. The molecule has 0 aliphatic rings. The van der Waals surface area contributed by atoms with Crippen molar-refractivity contribution in [3.8, 4) is 0 Å². The third-order valence-corrected chi connectivity index (χ3v) is 7.69. The van der Waals surface area contributed by atoms with Crippen molar-refractivity contribution in [3.63, 3.8) is 0 Å². The van der Waals surface area contributed by atoms with Crippen LogP contribution in [0.1, 0.15) is 15.9 Å². The van der Waals surface area contributed by atoms with E-state index in [1.165, 1.54) is 0 Å². The molecular formula is C18H17ClN4O3S3. The number of anilines is 1. The number of hydrogen-bond acceptors (Lipinski definition) is 7. The second-order valence-electron chi connectivity index (χ2n) is 5.74. The summed E-state index contributed by atoms with van der Waals surface area (Å²) in [6.07, 6.45) is 0. The van der Waals surface area contributed by atoms with Crippen molar-refractivity contribution in [1.29, 1.82) is 0 Å². The second-order valence-corrected chi connectivity index (χ2v) is 10.2. The number of carbonyl (C=O) groups excluding carboxylic acids is 1. The average molecular weight is 469 g/mol. The topological polar surface area (TPSA) is 101 Å². The molecule has 7 nitrogen and oxygen atoms in total. The van der Waals surface area contributed by atoms with Crippen LogP contribution in [0.4, 0.5) is 5.13 Å². The average Bonchev–Trinajstić information content (AvgIpc) is 3.19. The Bertz CT molecular complexity index is 1070. The first kappa shape index (κ1) is 21.7. The number of aromatic nitrogens is 2. The molecule has 0 atom stereocenters. The molecule has 0 saturated carbocycles. The molecule has 3 rings (SSSR count). The molecule has 11 heteroatoms. The van der Waals surface area contributed by atoms with E-state index in [4.69, 9.17) is 11.6 Å². The van der Waals surface area contributed by atoms with Gasteiger partial charge in [-0.2, -0.15) is 11.8 Å². The molecule has 0 radical (unpaired) electrons. The zero-order chi connectivity index (χ0) is 20.7. The fourth-order valence-electron chi connectivity index (χ4n) is 2.24. The van der Waals surface area contributed by atoms with Gasteiger partial charge < -0.3 is 0 Å². The summed E-state index contributed by atoms with van der Waals surface area (Å²) in [5.41, 5.74) is 1.45. The van der Waals surface area contributed by atoms with Gasteiger partial charge >= 0.3 is 0 Å². The van der Waals surface area contributed by atoms with Crippen molar-refractivity contribution in [3.05, 3.63) is 70.7 Å². The van der Waals surface area contributed by atoms with Gasteiger partial charge in [-0.3, -0.25) is 10.1 Å². The van der Waals surface area contributed by atoms with Crippen molar-refractivity contribution < 1.29 is 13.2 Å². The highest BCUT2D eigenvalue weighted by Gasteiger charge is 2.20. The summed E-state index contributed by atoms with van der Waals surface area (Å²) in [6.45, 7) is 0.239. The molecule has 1 aromatic heterocycles. The van der Waals surface area contributed by atoms with E-state index in [0.29, 0.717) is 22.1 Å². The summed E-state index contributed by atoms with van der Waals surface area (Å²) in [5.74, 6) is 0.881. The van der Waals surface area contributed by atoms with Gasteiger partial charge in [0.1, 0.15) is 0 Å². The third kappa shape index (κ3) is 6.25. The minimum atomic E-state index is -3.79. The fraction of sp³-hybridized carbons (Fsp3) is 0.167. The normalized spacial score (nSPS) is 11.3. The van der Waals surface area contributed by atoms with Gasteiger partial charge in [0.2, 0.25) is 9.47 Å². The van der Waals surface area contributed by atoms with Crippen LogP contribution in [0.25, 0.3) is 0 Å². The molecule has 29 heavy (non-hydrogen) atoms. The summed E-state index contributed by atoms with van der Waals surface area (Å²) >= 11 is 8.46. The first-order chi connectivity index (χ1) is 14.0. The molecule has 0 saturated heterocycles. The van der Waals surface area contributed by atoms with Crippen LogP contribution in [0.5, 0.6) is 0 Å². The van der Waals surface area contributed by atoms with Gasteiger partial charge in [-0.15, -0.1) is 10.2 Å². The lowest BCUT2D eigenvalue weighted by atomic mass is 10.2. The lowest BCUT2D eigenvalue weighted by molar-refractivity contribution is 0.102. The number of thioether (sulfide) groups is 1. The fourth-order valence-corrected chi connectivity index (χ4v) is 5.48. The summed E-state index contributed by atoms with van der Waals surface area (Å²) in [4.78, 5) is 12.1. The lowest BCUT2D eigenvalue weighted by Crippen LogP contribution is -2.26. The number of halogens is 1. The Morgan fingerprint density at radius 3 is 2.55 bits per heavy atom. The van der Waals surface area contributed by atoms with Crippen LogP contribution in [0, 0.1) is 0 Å². The SMILES string of the molecule is O=C(Nc1nnc(S(=O)(=O)NCCSCc2ccccc2Cl)s1)c1ccccc1. The van der Waals surface area contributed by atoms with E-state index < -0.39 is 10.0 Å². The number of nitrogens with one attached hydrogen (secondary N) is 2. The van der Waals surface area contributed by atoms with Gasteiger partial charge in [-0.05, 0) is 23.8 Å². The van der Waals surface area contributed by atoms with Gasteiger partial charge in [-0.1, -0.05) is 59.3 Å². The maximum atomic E-state index is 12.3. The Labute approximate surface area is 182 Å². The van der Waals surface area contributed by atoms with Crippen molar-refractivity contribution in [2.45, 2.75) is 10.1 Å². The van der Waals surface area contributed by atoms with Crippen LogP contribution in [0.15, 0.2) is 58.9 Å². The van der Waals surface area contributed by atoms with Crippen molar-refractivity contribution in [1.82, 2.24) is 14.9 Å². The van der Waals surface area contributed by atoms with Gasteiger partial charge in [0.15, 0.2) is 0 Å². The molecule has 152 valence electrons. The van der Waals surface area contributed by atoms with Crippen molar-refractivity contribution in [2.75, 3.05) is 17.6 Å². The third-order valence-electron chi connectivity index (χ3n) is 3.65. The number of rotatable bonds is 9. The predicted octanol–water partition coefficient (Wildman–Crippen LogP) is 3.66. The van der Waals surface area contributed by atoms with Gasteiger partial charge in [0, 0.05) is 28.6 Å². The smallest absolute Gasteiger partial charge is 0.269 e. The Kier molecular flexibility index (Phi) is 7.62. The summed E-state index contributed by atoms with van der Waals surface area (Å²) < 4.78 is 27.0. The van der Waals surface area contributed by atoms with Crippen LogP contribution >= 0.6 is 34.7 Å². The molecule has 2 N–H and O–H groups in total. The van der Waals surface area contributed by atoms with E-state index >= 15 is 0 Å². The molecule has 3 aromatic rings.